The smallest absolute Gasteiger partial charge is 0.338 e. The van der Waals surface area contributed by atoms with Gasteiger partial charge in [-0.3, -0.25) is 25.0 Å². The SMILES string of the molecule is CC(=O)N1CCCCC2=C[C@H](OC(=O)c3ccc([N+](=O)[O-])cc3)[C@H](OC(=O)c3ccc([N+](=O)[O-])cc3)[C@H]21. The lowest BCUT2D eigenvalue weighted by molar-refractivity contribution is -0.385. The molecule has 1 aliphatic heterocycles. The number of carbonyl (C=O) groups excluding carboxylic acids is 3. The number of nitrogens with zero attached hydrogens (tertiary/aromatic N) is 3. The second kappa shape index (κ2) is 10.6. The van der Waals surface area contributed by atoms with Crippen LogP contribution < -0.4 is 0 Å². The van der Waals surface area contributed by atoms with Crippen LogP contribution in [0.3, 0.4) is 0 Å². The van der Waals surface area contributed by atoms with E-state index in [2.05, 4.69) is 0 Å². The van der Waals surface area contributed by atoms with E-state index in [1.165, 1.54) is 55.5 Å². The van der Waals surface area contributed by atoms with Gasteiger partial charge in [-0.05, 0) is 55.2 Å². The number of benzene rings is 2. The predicted octanol–water partition coefficient (Wildman–Crippen LogP) is 3.60. The molecule has 12 heteroatoms. The number of likely N-dealkylation sites (tertiary alicyclic amines) is 1. The third-order valence-corrected chi connectivity index (χ3v) is 6.36. The molecular formula is C25H23N3O9. The van der Waals surface area contributed by atoms with E-state index >= 15 is 0 Å². The van der Waals surface area contributed by atoms with Gasteiger partial charge in [0.15, 0.2) is 12.2 Å². The highest BCUT2D eigenvalue weighted by atomic mass is 16.6. The molecule has 2 aromatic rings. The van der Waals surface area contributed by atoms with Crippen molar-refractivity contribution in [3.63, 3.8) is 0 Å². The molecule has 0 N–H and O–H groups in total. The molecule has 1 saturated heterocycles. The molecule has 3 atom stereocenters. The van der Waals surface area contributed by atoms with Crippen molar-refractivity contribution in [2.45, 2.75) is 44.4 Å². The van der Waals surface area contributed by atoms with Gasteiger partial charge in [0, 0.05) is 37.7 Å². The zero-order chi connectivity index (χ0) is 26.7. The molecule has 0 spiro atoms. The van der Waals surface area contributed by atoms with Crippen LogP contribution in [0.1, 0.15) is 46.9 Å². The molecule has 0 saturated carbocycles. The van der Waals surface area contributed by atoms with Crippen LogP contribution in [0.5, 0.6) is 0 Å². The van der Waals surface area contributed by atoms with Gasteiger partial charge in [0.2, 0.25) is 5.91 Å². The van der Waals surface area contributed by atoms with Gasteiger partial charge in [0.05, 0.1) is 27.0 Å². The van der Waals surface area contributed by atoms with E-state index in [0.29, 0.717) is 13.0 Å². The number of hydrogen-bond donors (Lipinski definition) is 0. The Morgan fingerprint density at radius 1 is 0.838 bits per heavy atom. The molecule has 0 radical (unpaired) electrons. The maximum atomic E-state index is 13.0. The molecule has 2 aliphatic rings. The van der Waals surface area contributed by atoms with Crippen LogP contribution in [0.4, 0.5) is 11.4 Å². The second-order valence-electron chi connectivity index (χ2n) is 8.70. The van der Waals surface area contributed by atoms with Crippen molar-refractivity contribution in [3.05, 3.63) is 91.5 Å². The van der Waals surface area contributed by atoms with Crippen LogP contribution in [-0.2, 0) is 14.3 Å². The second-order valence-corrected chi connectivity index (χ2v) is 8.70. The maximum Gasteiger partial charge on any atom is 0.338 e. The zero-order valence-electron chi connectivity index (χ0n) is 19.8. The van der Waals surface area contributed by atoms with Crippen molar-refractivity contribution in [1.29, 1.82) is 0 Å². The van der Waals surface area contributed by atoms with Gasteiger partial charge in [-0.2, -0.15) is 0 Å². The van der Waals surface area contributed by atoms with Crippen molar-refractivity contribution < 1.29 is 33.7 Å². The number of carbonyl (C=O) groups is 3. The Morgan fingerprint density at radius 3 is 1.84 bits per heavy atom. The van der Waals surface area contributed by atoms with Gasteiger partial charge in [-0.1, -0.05) is 0 Å². The first-order chi connectivity index (χ1) is 17.7. The van der Waals surface area contributed by atoms with Crippen LogP contribution in [0, 0.1) is 20.2 Å². The lowest BCUT2D eigenvalue weighted by atomic mass is 10.0. The Labute approximate surface area is 210 Å². The molecule has 1 aliphatic carbocycles. The van der Waals surface area contributed by atoms with Crippen LogP contribution in [0.2, 0.25) is 0 Å². The lowest BCUT2D eigenvalue weighted by Gasteiger charge is -2.34. The van der Waals surface area contributed by atoms with E-state index in [1.54, 1.807) is 11.0 Å². The molecule has 1 fully saturated rings. The summed E-state index contributed by atoms with van der Waals surface area (Å²) in [4.78, 5) is 60.6. The number of fused-ring (bicyclic) bond motifs is 1. The maximum absolute atomic E-state index is 13.0. The molecule has 12 nitrogen and oxygen atoms in total. The van der Waals surface area contributed by atoms with Crippen LogP contribution >= 0.6 is 0 Å². The summed E-state index contributed by atoms with van der Waals surface area (Å²) in [6, 6.07) is 9.12. The van der Waals surface area contributed by atoms with E-state index in [1.807, 2.05) is 0 Å². The summed E-state index contributed by atoms with van der Waals surface area (Å²) in [5, 5.41) is 21.8. The van der Waals surface area contributed by atoms with Gasteiger partial charge >= 0.3 is 11.9 Å². The average molecular weight is 509 g/mol. The van der Waals surface area contributed by atoms with Crippen molar-refractivity contribution in [1.82, 2.24) is 4.90 Å². The first-order valence-electron chi connectivity index (χ1n) is 11.5. The van der Waals surface area contributed by atoms with E-state index < -0.39 is 40.0 Å². The summed E-state index contributed by atoms with van der Waals surface area (Å²) in [7, 11) is 0. The van der Waals surface area contributed by atoms with Gasteiger partial charge in [0.1, 0.15) is 0 Å². The molecule has 0 unspecified atom stereocenters. The van der Waals surface area contributed by atoms with E-state index in [9.17, 15) is 34.6 Å². The van der Waals surface area contributed by atoms with Gasteiger partial charge in [-0.25, -0.2) is 9.59 Å². The van der Waals surface area contributed by atoms with Crippen LogP contribution in [0.25, 0.3) is 0 Å². The number of hydrogen-bond acceptors (Lipinski definition) is 9. The molecule has 0 bridgehead atoms. The van der Waals surface area contributed by atoms with Crippen LogP contribution in [0.15, 0.2) is 60.2 Å². The highest BCUT2D eigenvalue weighted by molar-refractivity contribution is 5.91. The molecule has 1 amide bonds. The van der Waals surface area contributed by atoms with Crippen molar-refractivity contribution in [2.24, 2.45) is 0 Å². The van der Waals surface area contributed by atoms with Crippen molar-refractivity contribution >= 4 is 29.2 Å². The fourth-order valence-corrected chi connectivity index (χ4v) is 4.56. The van der Waals surface area contributed by atoms with Gasteiger partial charge in [0.25, 0.3) is 11.4 Å². The standard InChI is InChI=1S/C25H23N3O9/c1-15(29)26-13-3-2-4-18-14-21(36-24(30)16-5-9-19(10-6-16)27(32)33)23(22(18)26)37-25(31)17-7-11-20(12-8-17)28(34)35/h5-12,14,21-23H,2-4,13H2,1H3/t21-,22-,23-/m0/s1. The number of nitro groups is 2. The van der Waals surface area contributed by atoms with Crippen molar-refractivity contribution in [3.8, 4) is 0 Å². The van der Waals surface area contributed by atoms with Crippen molar-refractivity contribution in [2.75, 3.05) is 6.54 Å². The molecule has 2 aromatic carbocycles. The van der Waals surface area contributed by atoms with E-state index in [0.717, 1.165) is 18.4 Å². The summed E-state index contributed by atoms with van der Waals surface area (Å²) in [6.45, 7) is 1.85. The minimum Gasteiger partial charge on any atom is -0.452 e. The lowest BCUT2D eigenvalue weighted by Crippen LogP contribution is -2.50. The Kier molecular flexibility index (Phi) is 7.27. The minimum absolute atomic E-state index is 0.0579. The Bertz CT molecular complexity index is 1270. The van der Waals surface area contributed by atoms with Gasteiger partial charge < -0.3 is 14.4 Å². The molecule has 0 aromatic heterocycles. The van der Waals surface area contributed by atoms with E-state index in [4.69, 9.17) is 9.47 Å². The first-order valence-corrected chi connectivity index (χ1v) is 11.5. The fourth-order valence-electron chi connectivity index (χ4n) is 4.56. The molecular weight excluding hydrogens is 486 g/mol. The Hall–Kier alpha value is -4.61. The molecule has 4 rings (SSSR count). The van der Waals surface area contributed by atoms with Gasteiger partial charge in [-0.15, -0.1) is 0 Å². The highest BCUT2D eigenvalue weighted by Gasteiger charge is 2.46. The summed E-state index contributed by atoms with van der Waals surface area (Å²) in [5.41, 5.74) is 0.551. The number of esters is 2. The topological polar surface area (TPSA) is 159 Å². The molecule has 192 valence electrons. The fraction of sp³-hybridized carbons (Fsp3) is 0.320. The molecule has 1 heterocycles. The third-order valence-electron chi connectivity index (χ3n) is 6.36. The number of rotatable bonds is 6. The Balaban J connectivity index is 1.61. The zero-order valence-corrected chi connectivity index (χ0v) is 19.8. The number of ether oxygens (including phenoxy) is 2. The predicted molar refractivity (Wildman–Crippen MR) is 128 cm³/mol. The average Bonchev–Trinajstić information content (AvgIpc) is 3.05. The number of nitro benzene ring substituents is 2. The third kappa shape index (κ3) is 5.47. The molecule has 37 heavy (non-hydrogen) atoms. The minimum atomic E-state index is -1.05. The summed E-state index contributed by atoms with van der Waals surface area (Å²) in [5.74, 6) is -1.80. The number of amides is 1. The monoisotopic (exact) mass is 509 g/mol. The normalized spacial score (nSPS) is 20.7. The quantitative estimate of drug-likeness (QED) is 0.245. The number of non-ortho nitro benzene ring substituents is 2. The van der Waals surface area contributed by atoms with E-state index in [-0.39, 0.29) is 28.4 Å². The summed E-state index contributed by atoms with van der Waals surface area (Å²) < 4.78 is 11.5. The summed E-state index contributed by atoms with van der Waals surface area (Å²) >= 11 is 0. The largest absolute Gasteiger partial charge is 0.452 e. The Morgan fingerprint density at radius 2 is 1.35 bits per heavy atom. The first kappa shape index (κ1) is 25.5. The highest BCUT2D eigenvalue weighted by Crippen LogP contribution is 2.36. The summed E-state index contributed by atoms with van der Waals surface area (Å²) in [6.07, 6.45) is 1.77. The van der Waals surface area contributed by atoms with Crippen LogP contribution in [-0.4, -0.2) is 57.4 Å².